The fourth-order valence-corrected chi connectivity index (χ4v) is 4.26. The number of esters is 1. The van der Waals surface area contributed by atoms with E-state index in [2.05, 4.69) is 17.1 Å². The minimum absolute atomic E-state index is 0.0280. The molecule has 7 heteroatoms. The number of aryl methyl sites for hydroxylation is 1. The first-order chi connectivity index (χ1) is 14.1. The zero-order valence-corrected chi connectivity index (χ0v) is 17.0. The molecule has 0 saturated carbocycles. The molecule has 150 valence electrons. The maximum Gasteiger partial charge on any atom is 0.316 e. The number of hydrogen-bond donors (Lipinski definition) is 0. The summed E-state index contributed by atoms with van der Waals surface area (Å²) in [4.78, 5) is 30.6. The van der Waals surface area contributed by atoms with Crippen LogP contribution in [0, 0.1) is 0 Å². The maximum atomic E-state index is 12.6. The molecule has 6 nitrogen and oxygen atoms in total. The molecule has 4 rings (SSSR count). The topological polar surface area (TPSA) is 72.6 Å². The normalized spacial score (nSPS) is 15.7. The second kappa shape index (κ2) is 8.69. The molecule has 1 amide bonds. The zero-order valence-electron chi connectivity index (χ0n) is 16.2. The van der Waals surface area contributed by atoms with Crippen molar-refractivity contribution < 1.29 is 18.7 Å². The van der Waals surface area contributed by atoms with Crippen LogP contribution in [0.25, 0.3) is 11.1 Å². The van der Waals surface area contributed by atoms with Gasteiger partial charge in [0.05, 0.1) is 6.04 Å². The van der Waals surface area contributed by atoms with E-state index in [1.54, 1.807) is 11.9 Å². The first kappa shape index (κ1) is 19.5. The summed E-state index contributed by atoms with van der Waals surface area (Å²) in [5.74, 6) is -0.634. The van der Waals surface area contributed by atoms with Crippen LogP contribution in [0.3, 0.4) is 0 Å². The second-order valence-electron chi connectivity index (χ2n) is 7.01. The molecule has 0 aliphatic heterocycles. The molecule has 0 bridgehead atoms. The van der Waals surface area contributed by atoms with Crippen LogP contribution >= 0.6 is 11.8 Å². The number of rotatable bonds is 6. The van der Waals surface area contributed by atoms with Gasteiger partial charge in [-0.05, 0) is 42.5 Å². The summed E-state index contributed by atoms with van der Waals surface area (Å²) >= 11 is 1.16. The van der Waals surface area contributed by atoms with Crippen LogP contribution < -0.4 is 0 Å². The summed E-state index contributed by atoms with van der Waals surface area (Å²) in [6, 6.07) is 15.7. The number of carbonyl (C=O) groups is 2. The van der Waals surface area contributed by atoms with E-state index in [4.69, 9.17) is 9.15 Å². The molecule has 1 aliphatic rings. The van der Waals surface area contributed by atoms with Crippen LogP contribution in [0.2, 0.25) is 0 Å². The lowest BCUT2D eigenvalue weighted by Crippen LogP contribution is -2.36. The molecular weight excluding hydrogens is 388 g/mol. The van der Waals surface area contributed by atoms with E-state index in [0.717, 1.165) is 36.5 Å². The fraction of sp³-hybridized carbons (Fsp3) is 0.318. The highest BCUT2D eigenvalue weighted by atomic mass is 32.2. The van der Waals surface area contributed by atoms with Crippen molar-refractivity contribution in [3.63, 3.8) is 0 Å². The van der Waals surface area contributed by atoms with Crippen molar-refractivity contribution in [3.8, 4) is 0 Å². The summed E-state index contributed by atoms with van der Waals surface area (Å²) in [7, 11) is 1.77. The fourth-order valence-electron chi connectivity index (χ4n) is 3.62. The van der Waals surface area contributed by atoms with E-state index in [1.807, 2.05) is 36.4 Å². The lowest BCUT2D eigenvalue weighted by atomic mass is 9.87. The van der Waals surface area contributed by atoms with Crippen LogP contribution in [-0.2, 0) is 20.7 Å². The smallest absolute Gasteiger partial charge is 0.316 e. The Morgan fingerprint density at radius 3 is 2.86 bits per heavy atom. The van der Waals surface area contributed by atoms with Crippen molar-refractivity contribution in [3.05, 3.63) is 59.7 Å². The highest BCUT2D eigenvalue weighted by Crippen LogP contribution is 2.33. The molecule has 29 heavy (non-hydrogen) atoms. The van der Waals surface area contributed by atoms with E-state index < -0.39 is 5.97 Å². The Balaban J connectivity index is 1.28. The first-order valence-corrected chi connectivity index (χ1v) is 10.6. The van der Waals surface area contributed by atoms with Crippen molar-refractivity contribution in [1.29, 1.82) is 0 Å². The Morgan fingerprint density at radius 1 is 1.21 bits per heavy atom. The maximum absolute atomic E-state index is 12.6. The van der Waals surface area contributed by atoms with E-state index in [0.29, 0.717) is 10.8 Å². The number of oxazole rings is 1. The summed E-state index contributed by atoms with van der Waals surface area (Å²) in [5, 5.41) is 0.408. The van der Waals surface area contributed by atoms with Gasteiger partial charge in [-0.15, -0.1) is 0 Å². The lowest BCUT2D eigenvalue weighted by molar-refractivity contribution is -0.150. The Hall–Kier alpha value is -2.80. The van der Waals surface area contributed by atoms with E-state index >= 15 is 0 Å². The van der Waals surface area contributed by atoms with Crippen molar-refractivity contribution in [2.75, 3.05) is 19.4 Å². The van der Waals surface area contributed by atoms with E-state index in [1.165, 1.54) is 11.1 Å². The molecule has 2 aromatic carbocycles. The molecule has 3 aromatic rings. The Labute approximate surface area is 173 Å². The van der Waals surface area contributed by atoms with Gasteiger partial charge in [0.2, 0.25) is 0 Å². The molecule has 1 atom stereocenters. The molecule has 0 saturated heterocycles. The van der Waals surface area contributed by atoms with Crippen LogP contribution in [-0.4, -0.2) is 41.2 Å². The van der Waals surface area contributed by atoms with Gasteiger partial charge in [-0.25, -0.2) is 4.98 Å². The third kappa shape index (κ3) is 4.45. The van der Waals surface area contributed by atoms with Gasteiger partial charge in [-0.2, -0.15) is 0 Å². The average molecular weight is 410 g/mol. The molecule has 0 spiro atoms. The Bertz CT molecular complexity index is 999. The number of ether oxygens (including phenoxy) is 1. The van der Waals surface area contributed by atoms with Crippen LogP contribution in [0.15, 0.2) is 58.2 Å². The molecule has 1 aromatic heterocycles. The number of amides is 1. The Kier molecular flexibility index (Phi) is 5.85. The number of carbonyl (C=O) groups excluding carboxylic acids is 2. The number of benzene rings is 2. The monoisotopic (exact) mass is 410 g/mol. The van der Waals surface area contributed by atoms with Crippen molar-refractivity contribution in [2.45, 2.75) is 30.5 Å². The Morgan fingerprint density at radius 2 is 2.00 bits per heavy atom. The lowest BCUT2D eigenvalue weighted by Gasteiger charge is -2.33. The third-order valence-electron chi connectivity index (χ3n) is 5.14. The molecule has 0 N–H and O–H groups in total. The minimum atomic E-state index is -0.469. The minimum Gasteiger partial charge on any atom is -0.455 e. The van der Waals surface area contributed by atoms with Gasteiger partial charge in [0.25, 0.3) is 11.1 Å². The van der Waals surface area contributed by atoms with Crippen molar-refractivity contribution in [2.24, 2.45) is 0 Å². The molecule has 0 radical (unpaired) electrons. The van der Waals surface area contributed by atoms with Gasteiger partial charge in [0, 0.05) is 7.05 Å². The van der Waals surface area contributed by atoms with Gasteiger partial charge in [-0.3, -0.25) is 9.59 Å². The van der Waals surface area contributed by atoms with Crippen LogP contribution in [0.1, 0.15) is 30.0 Å². The number of para-hydroxylation sites is 2. The summed E-state index contributed by atoms with van der Waals surface area (Å²) in [5.41, 5.74) is 3.89. The largest absolute Gasteiger partial charge is 0.455 e. The highest BCUT2D eigenvalue weighted by molar-refractivity contribution is 7.99. The molecule has 0 fully saturated rings. The van der Waals surface area contributed by atoms with E-state index in [-0.39, 0.29) is 24.3 Å². The molecule has 0 unspecified atom stereocenters. The van der Waals surface area contributed by atoms with Gasteiger partial charge in [0.1, 0.15) is 11.3 Å². The van der Waals surface area contributed by atoms with Crippen molar-refractivity contribution >= 4 is 34.7 Å². The number of aromatic nitrogens is 1. The average Bonchev–Trinajstić information content (AvgIpc) is 3.18. The predicted molar refractivity (Wildman–Crippen MR) is 111 cm³/mol. The number of likely N-dealkylation sites (N-methyl/N-ethyl adjacent to an activating group) is 1. The summed E-state index contributed by atoms with van der Waals surface area (Å²) in [6.45, 7) is -0.262. The third-order valence-corrected chi connectivity index (χ3v) is 5.94. The van der Waals surface area contributed by atoms with Gasteiger partial charge in [-0.1, -0.05) is 48.2 Å². The summed E-state index contributed by atoms with van der Waals surface area (Å²) < 4.78 is 10.7. The quantitative estimate of drug-likeness (QED) is 0.452. The number of nitrogens with zero attached hydrogens (tertiary/aromatic N) is 2. The van der Waals surface area contributed by atoms with Crippen molar-refractivity contribution in [1.82, 2.24) is 9.88 Å². The second-order valence-corrected chi connectivity index (χ2v) is 7.93. The van der Waals surface area contributed by atoms with E-state index in [9.17, 15) is 9.59 Å². The molecule has 1 aliphatic carbocycles. The van der Waals surface area contributed by atoms with Gasteiger partial charge >= 0.3 is 5.97 Å². The van der Waals surface area contributed by atoms with Crippen LogP contribution in [0.5, 0.6) is 0 Å². The number of hydrogen-bond acceptors (Lipinski definition) is 6. The van der Waals surface area contributed by atoms with Gasteiger partial charge < -0.3 is 14.1 Å². The van der Waals surface area contributed by atoms with Gasteiger partial charge in [0.15, 0.2) is 12.2 Å². The SMILES string of the molecule is CN(C(=O)COC(=O)CSc1nc2ccccc2o1)[C@@H]1CCCc2ccccc21. The van der Waals surface area contributed by atoms with Crippen LogP contribution in [0.4, 0.5) is 0 Å². The predicted octanol–water partition coefficient (Wildman–Crippen LogP) is 4.00. The zero-order chi connectivity index (χ0) is 20.2. The first-order valence-electron chi connectivity index (χ1n) is 9.59. The number of fused-ring (bicyclic) bond motifs is 2. The molecular formula is C22H22N2O4S. The summed E-state index contributed by atoms with van der Waals surface area (Å²) in [6.07, 6.45) is 3.00. The molecule has 1 heterocycles. The number of thioether (sulfide) groups is 1. The standard InChI is InChI=1S/C22H22N2O4S/c1-24(18-11-6-8-15-7-2-3-9-16(15)18)20(25)13-27-21(26)14-29-22-23-17-10-4-5-12-19(17)28-22/h2-5,7,9-10,12,18H,6,8,11,13-14H2,1H3/t18-/m1/s1. The highest BCUT2D eigenvalue weighted by Gasteiger charge is 2.27.